The minimum absolute atomic E-state index is 0.241. The number of aromatic hydroxyl groups is 1. The Morgan fingerprint density at radius 2 is 1.86 bits per heavy atom. The van der Waals surface area contributed by atoms with Crippen LogP contribution in [0.5, 0.6) is 5.75 Å². The van der Waals surface area contributed by atoms with Crippen molar-refractivity contribution < 1.29 is 14.6 Å². The van der Waals surface area contributed by atoms with Crippen LogP contribution < -0.4 is 5.32 Å². The summed E-state index contributed by atoms with van der Waals surface area (Å²) in [6.07, 6.45) is 1.28. The monoisotopic (exact) mass is 373 g/mol. The number of ether oxygens (including phenoxy) is 1. The number of nitrogens with one attached hydrogen (secondary N) is 1. The Labute approximate surface area is 162 Å². The molecule has 1 aromatic heterocycles. The molecule has 1 amide bonds. The molecule has 0 saturated carbocycles. The van der Waals surface area contributed by atoms with Crippen LogP contribution in [0.1, 0.15) is 6.92 Å². The Hall–Kier alpha value is -3.80. The molecule has 0 aliphatic heterocycles. The third-order valence-corrected chi connectivity index (χ3v) is 4.39. The van der Waals surface area contributed by atoms with E-state index >= 15 is 0 Å². The number of carbonyl (C=O) groups is 1. The fourth-order valence-corrected chi connectivity index (χ4v) is 3.07. The number of anilines is 1. The summed E-state index contributed by atoms with van der Waals surface area (Å²) in [5.41, 5.74) is 5.38. The molecule has 0 unspecified atom stereocenters. The molecular weight excluding hydrogens is 354 g/mol. The van der Waals surface area contributed by atoms with E-state index in [0.717, 1.165) is 27.8 Å². The van der Waals surface area contributed by atoms with Crippen LogP contribution in [0.3, 0.4) is 0 Å². The lowest BCUT2D eigenvalue weighted by Gasteiger charge is -2.09. The van der Waals surface area contributed by atoms with Gasteiger partial charge in [-0.15, -0.1) is 0 Å². The Balaban J connectivity index is 1.66. The van der Waals surface area contributed by atoms with E-state index in [2.05, 4.69) is 10.3 Å². The number of benzene rings is 3. The highest BCUT2D eigenvalue weighted by molar-refractivity contribution is 5.86. The van der Waals surface area contributed by atoms with E-state index in [1.165, 1.54) is 0 Å². The van der Waals surface area contributed by atoms with Crippen LogP contribution in [0, 0.1) is 0 Å². The van der Waals surface area contributed by atoms with Crippen molar-refractivity contribution in [2.24, 2.45) is 0 Å². The summed E-state index contributed by atoms with van der Waals surface area (Å²) in [7, 11) is 0. The van der Waals surface area contributed by atoms with Gasteiger partial charge in [0.15, 0.2) is 0 Å². The zero-order chi connectivity index (χ0) is 19.5. The SMILES string of the molecule is CCOC(=O)Nc1cccc(-n2cnc3cc(-c4ccc(O)cc4)ccc32)c1. The molecule has 6 heteroatoms. The number of hydrogen-bond acceptors (Lipinski definition) is 4. The fourth-order valence-electron chi connectivity index (χ4n) is 3.07. The van der Waals surface area contributed by atoms with Gasteiger partial charge in [-0.1, -0.05) is 24.3 Å². The number of phenols is 1. The first-order valence-electron chi connectivity index (χ1n) is 8.95. The first kappa shape index (κ1) is 17.6. The molecule has 0 radical (unpaired) electrons. The minimum atomic E-state index is -0.478. The second-order valence-corrected chi connectivity index (χ2v) is 6.26. The molecule has 0 aliphatic rings. The zero-order valence-corrected chi connectivity index (χ0v) is 15.3. The van der Waals surface area contributed by atoms with Gasteiger partial charge in [-0.3, -0.25) is 9.88 Å². The molecule has 0 bridgehead atoms. The highest BCUT2D eigenvalue weighted by Crippen LogP contribution is 2.27. The van der Waals surface area contributed by atoms with Gasteiger partial charge in [0.2, 0.25) is 0 Å². The third-order valence-electron chi connectivity index (χ3n) is 4.39. The molecule has 6 nitrogen and oxygen atoms in total. The van der Waals surface area contributed by atoms with Crippen LogP contribution in [0.15, 0.2) is 73.1 Å². The van der Waals surface area contributed by atoms with Crippen molar-refractivity contribution in [3.8, 4) is 22.6 Å². The Morgan fingerprint density at radius 3 is 2.64 bits per heavy atom. The molecule has 0 atom stereocenters. The minimum Gasteiger partial charge on any atom is -0.508 e. The van der Waals surface area contributed by atoms with Gasteiger partial charge in [-0.25, -0.2) is 9.78 Å². The predicted octanol–water partition coefficient (Wildman–Crippen LogP) is 4.97. The van der Waals surface area contributed by atoms with Gasteiger partial charge < -0.3 is 9.84 Å². The smallest absolute Gasteiger partial charge is 0.411 e. The highest BCUT2D eigenvalue weighted by Gasteiger charge is 2.09. The summed E-state index contributed by atoms with van der Waals surface area (Å²) < 4.78 is 6.89. The second-order valence-electron chi connectivity index (χ2n) is 6.26. The molecule has 3 aromatic carbocycles. The highest BCUT2D eigenvalue weighted by atomic mass is 16.5. The predicted molar refractivity (Wildman–Crippen MR) is 109 cm³/mol. The first-order valence-corrected chi connectivity index (χ1v) is 8.95. The Kier molecular flexibility index (Phi) is 4.68. The topological polar surface area (TPSA) is 76.4 Å². The van der Waals surface area contributed by atoms with Crippen molar-refractivity contribution in [3.63, 3.8) is 0 Å². The largest absolute Gasteiger partial charge is 0.508 e. The van der Waals surface area contributed by atoms with Crippen LogP contribution in [0.4, 0.5) is 10.5 Å². The summed E-state index contributed by atoms with van der Waals surface area (Å²) >= 11 is 0. The summed E-state index contributed by atoms with van der Waals surface area (Å²) in [5, 5.41) is 12.2. The quantitative estimate of drug-likeness (QED) is 0.530. The molecule has 28 heavy (non-hydrogen) atoms. The van der Waals surface area contributed by atoms with E-state index in [1.54, 1.807) is 25.4 Å². The van der Waals surface area contributed by atoms with E-state index in [9.17, 15) is 9.90 Å². The second kappa shape index (κ2) is 7.44. The Bertz CT molecular complexity index is 1130. The van der Waals surface area contributed by atoms with E-state index in [1.807, 2.05) is 59.2 Å². The van der Waals surface area contributed by atoms with Crippen molar-refractivity contribution >= 4 is 22.8 Å². The van der Waals surface area contributed by atoms with E-state index < -0.39 is 6.09 Å². The zero-order valence-electron chi connectivity index (χ0n) is 15.3. The number of fused-ring (bicyclic) bond motifs is 1. The number of nitrogens with zero attached hydrogens (tertiary/aromatic N) is 2. The summed E-state index contributed by atoms with van der Waals surface area (Å²) in [6.45, 7) is 2.08. The summed E-state index contributed by atoms with van der Waals surface area (Å²) in [5.74, 6) is 0.241. The lowest BCUT2D eigenvalue weighted by atomic mass is 10.1. The van der Waals surface area contributed by atoms with Gasteiger partial charge >= 0.3 is 6.09 Å². The summed E-state index contributed by atoms with van der Waals surface area (Å²) in [4.78, 5) is 16.2. The number of rotatable bonds is 4. The molecule has 4 rings (SSSR count). The van der Waals surface area contributed by atoms with Gasteiger partial charge in [0.25, 0.3) is 0 Å². The van der Waals surface area contributed by atoms with Crippen LogP contribution in [0.25, 0.3) is 27.8 Å². The summed E-state index contributed by atoms with van der Waals surface area (Å²) in [6, 6.07) is 20.6. The number of hydrogen-bond donors (Lipinski definition) is 2. The van der Waals surface area contributed by atoms with Crippen molar-refractivity contribution in [3.05, 3.63) is 73.1 Å². The number of imidazole rings is 1. The maximum absolute atomic E-state index is 11.6. The van der Waals surface area contributed by atoms with Gasteiger partial charge in [0, 0.05) is 11.4 Å². The number of phenolic OH excluding ortho intramolecular Hbond substituents is 1. The van der Waals surface area contributed by atoms with Crippen LogP contribution in [-0.2, 0) is 4.74 Å². The van der Waals surface area contributed by atoms with Crippen molar-refractivity contribution in [2.75, 3.05) is 11.9 Å². The average Bonchev–Trinajstić information content (AvgIpc) is 3.12. The molecule has 140 valence electrons. The van der Waals surface area contributed by atoms with E-state index in [4.69, 9.17) is 4.74 Å². The molecule has 0 aliphatic carbocycles. The number of aromatic nitrogens is 2. The normalized spacial score (nSPS) is 10.8. The fraction of sp³-hybridized carbons (Fsp3) is 0.0909. The van der Waals surface area contributed by atoms with Gasteiger partial charge in [0.05, 0.1) is 17.6 Å². The molecule has 4 aromatic rings. The molecule has 1 heterocycles. The van der Waals surface area contributed by atoms with E-state index in [0.29, 0.717) is 12.3 Å². The van der Waals surface area contributed by atoms with Gasteiger partial charge in [-0.05, 0) is 60.5 Å². The number of amides is 1. The lowest BCUT2D eigenvalue weighted by Crippen LogP contribution is -2.13. The van der Waals surface area contributed by atoms with Crippen LogP contribution in [0.2, 0.25) is 0 Å². The van der Waals surface area contributed by atoms with E-state index in [-0.39, 0.29) is 5.75 Å². The maximum atomic E-state index is 11.6. The molecular formula is C22H19N3O3. The lowest BCUT2D eigenvalue weighted by molar-refractivity contribution is 0.168. The van der Waals surface area contributed by atoms with Crippen molar-refractivity contribution in [1.29, 1.82) is 0 Å². The number of carbonyl (C=O) groups excluding carboxylic acids is 1. The van der Waals surface area contributed by atoms with Crippen LogP contribution in [-0.4, -0.2) is 27.4 Å². The molecule has 2 N–H and O–H groups in total. The van der Waals surface area contributed by atoms with Gasteiger partial charge in [-0.2, -0.15) is 0 Å². The molecule has 0 spiro atoms. The first-order chi connectivity index (χ1) is 13.6. The molecule has 0 saturated heterocycles. The third kappa shape index (κ3) is 3.53. The molecule has 0 fully saturated rings. The average molecular weight is 373 g/mol. The standard InChI is InChI=1S/C22H19N3O3/c1-2-28-22(27)24-17-4-3-5-18(13-17)25-14-23-20-12-16(8-11-21(20)25)15-6-9-19(26)10-7-15/h3-14,26H,2H2,1H3,(H,24,27). The maximum Gasteiger partial charge on any atom is 0.411 e. The van der Waals surface area contributed by atoms with Crippen LogP contribution >= 0.6 is 0 Å². The van der Waals surface area contributed by atoms with Gasteiger partial charge in [0.1, 0.15) is 12.1 Å². The van der Waals surface area contributed by atoms with Crippen molar-refractivity contribution in [1.82, 2.24) is 9.55 Å². The Morgan fingerprint density at radius 1 is 1.07 bits per heavy atom. The van der Waals surface area contributed by atoms with Crippen molar-refractivity contribution in [2.45, 2.75) is 6.92 Å².